The summed E-state index contributed by atoms with van der Waals surface area (Å²) in [6.07, 6.45) is -0.185. The number of hydrogen-bond donors (Lipinski definition) is 3. The molecule has 198 valence electrons. The standard InChI is InChI=1S/C25H17Cl2N5O6S/c1-14-2-5-18(6-3-14)39(36,37)32-9-8-15-10-17(4-7-22(15)32)38-23-19(26)11-16(12-20(23)27)30-31-21(13-28)24(33)29-25(34)35/h2-12,30H,1H3,(H,29,33)(H,34,35)/b31-21-. The molecule has 0 unspecified atom stereocenters. The molecule has 14 heteroatoms. The first-order valence-electron chi connectivity index (χ1n) is 10.9. The number of nitrogens with one attached hydrogen (secondary N) is 2. The Morgan fingerprint density at radius 3 is 2.33 bits per heavy atom. The summed E-state index contributed by atoms with van der Waals surface area (Å²) in [5.74, 6) is -0.804. The van der Waals surface area contributed by atoms with Crippen LogP contribution in [0.1, 0.15) is 5.56 Å². The molecule has 0 fully saturated rings. The van der Waals surface area contributed by atoms with E-state index in [0.29, 0.717) is 16.7 Å². The van der Waals surface area contributed by atoms with Crippen LogP contribution in [0.4, 0.5) is 10.5 Å². The Hall–Kier alpha value is -4.57. The van der Waals surface area contributed by atoms with Crippen molar-refractivity contribution in [2.24, 2.45) is 5.10 Å². The molecule has 1 heterocycles. The van der Waals surface area contributed by atoms with E-state index >= 15 is 0 Å². The molecular weight excluding hydrogens is 569 g/mol. The van der Waals surface area contributed by atoms with Gasteiger partial charge in [-0.3, -0.25) is 15.5 Å². The molecule has 0 aliphatic rings. The van der Waals surface area contributed by atoms with Crippen molar-refractivity contribution in [1.29, 1.82) is 5.26 Å². The average molecular weight is 586 g/mol. The van der Waals surface area contributed by atoms with Crippen LogP contribution in [0.3, 0.4) is 0 Å². The van der Waals surface area contributed by atoms with Gasteiger partial charge in [0.05, 0.1) is 26.1 Å². The predicted octanol–water partition coefficient (Wildman–Crippen LogP) is 5.37. The topological polar surface area (TPSA) is 163 Å². The van der Waals surface area contributed by atoms with E-state index in [2.05, 4.69) is 10.5 Å². The van der Waals surface area contributed by atoms with Crippen molar-refractivity contribution < 1.29 is 27.9 Å². The number of amides is 2. The Morgan fingerprint density at radius 1 is 1.05 bits per heavy atom. The average Bonchev–Trinajstić information content (AvgIpc) is 3.31. The van der Waals surface area contributed by atoms with Gasteiger partial charge in [-0.15, -0.1) is 0 Å². The molecule has 0 aliphatic carbocycles. The van der Waals surface area contributed by atoms with Crippen molar-refractivity contribution in [3.63, 3.8) is 0 Å². The molecule has 0 spiro atoms. The number of fused-ring (bicyclic) bond motifs is 1. The molecule has 11 nitrogen and oxygen atoms in total. The highest BCUT2D eigenvalue weighted by Crippen LogP contribution is 2.39. The number of benzene rings is 3. The van der Waals surface area contributed by atoms with Gasteiger partial charge >= 0.3 is 6.09 Å². The van der Waals surface area contributed by atoms with Crippen LogP contribution in [0.2, 0.25) is 10.0 Å². The Morgan fingerprint density at radius 2 is 1.72 bits per heavy atom. The summed E-state index contributed by atoms with van der Waals surface area (Å²) < 4.78 is 33.3. The summed E-state index contributed by atoms with van der Waals surface area (Å²) in [6, 6.07) is 17.2. The molecular formula is C25H17Cl2N5O6S. The molecule has 0 saturated carbocycles. The van der Waals surface area contributed by atoms with Gasteiger partial charge < -0.3 is 9.84 Å². The molecule has 0 atom stereocenters. The second-order valence-corrected chi connectivity index (χ2v) is 10.6. The normalized spacial score (nSPS) is 11.6. The predicted molar refractivity (Wildman–Crippen MR) is 145 cm³/mol. The number of carbonyl (C=O) groups excluding carboxylic acids is 1. The minimum absolute atomic E-state index is 0.0494. The van der Waals surface area contributed by atoms with Gasteiger partial charge in [0.25, 0.3) is 15.9 Å². The zero-order valence-corrected chi connectivity index (χ0v) is 22.2. The third-order valence-corrected chi connectivity index (χ3v) is 7.53. The van der Waals surface area contributed by atoms with Gasteiger partial charge in [0.15, 0.2) is 5.75 Å². The van der Waals surface area contributed by atoms with Crippen molar-refractivity contribution in [3.05, 3.63) is 82.5 Å². The van der Waals surface area contributed by atoms with Crippen LogP contribution in [0, 0.1) is 18.3 Å². The Bertz CT molecular complexity index is 1770. The van der Waals surface area contributed by atoms with Crippen LogP contribution in [-0.4, -0.2) is 35.2 Å². The number of nitriles is 1. The fourth-order valence-electron chi connectivity index (χ4n) is 3.44. The van der Waals surface area contributed by atoms with Crippen molar-refractivity contribution in [1.82, 2.24) is 9.29 Å². The van der Waals surface area contributed by atoms with Gasteiger partial charge in [-0.25, -0.2) is 17.2 Å². The largest absolute Gasteiger partial charge is 0.465 e. The quantitative estimate of drug-likeness (QED) is 0.192. The van der Waals surface area contributed by atoms with E-state index in [1.54, 1.807) is 48.5 Å². The summed E-state index contributed by atoms with van der Waals surface area (Å²) in [4.78, 5) is 22.4. The van der Waals surface area contributed by atoms with Gasteiger partial charge in [0, 0.05) is 11.6 Å². The number of anilines is 1. The van der Waals surface area contributed by atoms with Crippen LogP contribution >= 0.6 is 23.2 Å². The maximum Gasteiger partial charge on any atom is 0.411 e. The first kappa shape index (κ1) is 27.5. The number of rotatable bonds is 7. The van der Waals surface area contributed by atoms with Crippen molar-refractivity contribution in [3.8, 4) is 17.6 Å². The van der Waals surface area contributed by atoms with Crippen molar-refractivity contribution in [2.75, 3.05) is 5.43 Å². The fourth-order valence-corrected chi connectivity index (χ4v) is 5.35. The molecule has 0 aliphatic heterocycles. The van der Waals surface area contributed by atoms with E-state index in [9.17, 15) is 18.0 Å². The van der Waals surface area contributed by atoms with Crippen LogP contribution in [0.25, 0.3) is 10.9 Å². The lowest BCUT2D eigenvalue weighted by molar-refractivity contribution is -0.114. The summed E-state index contributed by atoms with van der Waals surface area (Å²) in [5, 5.41) is 23.4. The van der Waals surface area contributed by atoms with Crippen LogP contribution in [0.5, 0.6) is 11.5 Å². The number of imide groups is 1. The molecule has 3 aromatic carbocycles. The molecule has 2 amide bonds. The highest BCUT2D eigenvalue weighted by molar-refractivity contribution is 7.90. The Labute approximate surface area is 231 Å². The minimum Gasteiger partial charge on any atom is -0.465 e. The van der Waals surface area contributed by atoms with Crippen LogP contribution < -0.4 is 15.5 Å². The Kier molecular flexibility index (Phi) is 7.78. The number of nitrogens with zero attached hydrogens (tertiary/aromatic N) is 3. The third kappa shape index (κ3) is 5.96. The van der Waals surface area contributed by atoms with Gasteiger partial charge in [0.2, 0.25) is 5.71 Å². The molecule has 39 heavy (non-hydrogen) atoms. The van der Waals surface area contributed by atoms with E-state index in [0.717, 1.165) is 5.56 Å². The highest BCUT2D eigenvalue weighted by atomic mass is 35.5. The summed E-state index contributed by atoms with van der Waals surface area (Å²) in [7, 11) is -3.81. The summed E-state index contributed by atoms with van der Waals surface area (Å²) in [5.41, 5.74) is 3.23. The second-order valence-electron chi connectivity index (χ2n) is 7.96. The number of hydrogen-bond acceptors (Lipinski definition) is 8. The van der Waals surface area contributed by atoms with E-state index in [-0.39, 0.29) is 26.4 Å². The minimum atomic E-state index is -3.81. The van der Waals surface area contributed by atoms with Gasteiger partial charge in [-0.1, -0.05) is 40.9 Å². The summed E-state index contributed by atoms with van der Waals surface area (Å²) in [6.45, 7) is 1.87. The smallest absolute Gasteiger partial charge is 0.411 e. The van der Waals surface area contributed by atoms with E-state index in [1.807, 2.05) is 6.92 Å². The third-order valence-electron chi connectivity index (χ3n) is 5.26. The van der Waals surface area contributed by atoms with Crippen LogP contribution in [0.15, 0.2) is 76.9 Å². The number of ether oxygens (including phenoxy) is 1. The highest BCUT2D eigenvalue weighted by Gasteiger charge is 2.20. The monoisotopic (exact) mass is 585 g/mol. The number of hydrazone groups is 1. The van der Waals surface area contributed by atoms with E-state index in [4.69, 9.17) is 38.3 Å². The number of aryl methyl sites for hydroxylation is 1. The lowest BCUT2D eigenvalue weighted by Crippen LogP contribution is -2.34. The van der Waals surface area contributed by atoms with Gasteiger partial charge in [-0.2, -0.15) is 10.4 Å². The second kappa shape index (κ2) is 11.0. The number of halogens is 2. The van der Waals surface area contributed by atoms with Crippen LogP contribution in [-0.2, 0) is 14.8 Å². The Balaban J connectivity index is 1.57. The maximum atomic E-state index is 13.1. The number of carbonyl (C=O) groups is 2. The maximum absolute atomic E-state index is 13.1. The molecule has 0 bridgehead atoms. The molecule has 3 N–H and O–H groups in total. The zero-order valence-electron chi connectivity index (χ0n) is 19.8. The molecule has 4 rings (SSSR count). The first-order valence-corrected chi connectivity index (χ1v) is 13.1. The lowest BCUT2D eigenvalue weighted by Gasteiger charge is -2.12. The molecule has 4 aromatic rings. The molecule has 0 radical (unpaired) electrons. The van der Waals surface area contributed by atoms with E-state index < -0.39 is 27.7 Å². The zero-order chi connectivity index (χ0) is 28.3. The van der Waals surface area contributed by atoms with E-state index in [1.165, 1.54) is 33.7 Å². The SMILES string of the molecule is Cc1ccc(S(=O)(=O)n2ccc3cc(Oc4c(Cl)cc(N/N=C(/C#N)C(=O)NC(=O)O)cc4Cl)ccc32)cc1. The number of aromatic nitrogens is 1. The molecule has 1 aromatic heterocycles. The van der Waals surface area contributed by atoms with Gasteiger partial charge in [0.1, 0.15) is 11.8 Å². The first-order chi connectivity index (χ1) is 18.5. The van der Waals surface area contributed by atoms with Crippen molar-refractivity contribution >= 4 is 67.5 Å². The van der Waals surface area contributed by atoms with Gasteiger partial charge in [-0.05, 0) is 55.5 Å². The molecule has 0 saturated heterocycles. The fraction of sp³-hybridized carbons (Fsp3) is 0.0400. The number of carboxylic acid groups (broad SMARTS) is 1. The summed E-state index contributed by atoms with van der Waals surface area (Å²) >= 11 is 12.6. The lowest BCUT2D eigenvalue weighted by atomic mass is 10.2. The van der Waals surface area contributed by atoms with Crippen molar-refractivity contribution in [2.45, 2.75) is 11.8 Å².